The summed E-state index contributed by atoms with van der Waals surface area (Å²) >= 11 is 0. The van der Waals surface area contributed by atoms with Crippen molar-refractivity contribution in [1.82, 2.24) is 9.88 Å². The Balaban J connectivity index is 2.15. The first-order valence-corrected chi connectivity index (χ1v) is 8.15. The Morgan fingerprint density at radius 2 is 2.19 bits per heavy atom. The molecule has 1 atom stereocenters. The summed E-state index contributed by atoms with van der Waals surface area (Å²) in [6, 6.07) is 1.96. The van der Waals surface area contributed by atoms with Crippen LogP contribution in [-0.4, -0.2) is 35.4 Å². The van der Waals surface area contributed by atoms with Gasteiger partial charge in [-0.15, -0.1) is 0 Å². The largest absolute Gasteiger partial charge is 0.385 e. The quantitative estimate of drug-likeness (QED) is 0.923. The molecule has 1 aliphatic rings. The molecule has 1 fully saturated rings. The first-order chi connectivity index (χ1) is 10.2. The third-order valence-electron chi connectivity index (χ3n) is 4.35. The Morgan fingerprint density at radius 3 is 2.90 bits per heavy atom. The molecule has 1 saturated heterocycles. The third kappa shape index (κ3) is 3.96. The lowest BCUT2D eigenvalue weighted by Gasteiger charge is -2.22. The topological polar surface area (TPSA) is 45.2 Å². The van der Waals surface area contributed by atoms with E-state index in [1.807, 2.05) is 24.8 Å². The Morgan fingerprint density at radius 1 is 1.38 bits per heavy atom. The molecular formula is C17H27N3O. The highest BCUT2D eigenvalue weighted by Crippen LogP contribution is 2.23. The van der Waals surface area contributed by atoms with Gasteiger partial charge < -0.3 is 10.2 Å². The van der Waals surface area contributed by atoms with Gasteiger partial charge in [-0.2, -0.15) is 0 Å². The second-order valence-electron chi connectivity index (χ2n) is 5.90. The zero-order valence-electron chi connectivity index (χ0n) is 13.5. The van der Waals surface area contributed by atoms with Gasteiger partial charge in [-0.25, -0.2) is 0 Å². The van der Waals surface area contributed by atoms with Gasteiger partial charge >= 0.3 is 0 Å². The molecule has 0 aliphatic carbocycles. The number of amides is 1. The van der Waals surface area contributed by atoms with Crippen molar-refractivity contribution in [2.75, 3.05) is 25.0 Å². The van der Waals surface area contributed by atoms with E-state index in [-0.39, 0.29) is 5.91 Å². The fourth-order valence-electron chi connectivity index (χ4n) is 3.01. The van der Waals surface area contributed by atoms with Crippen molar-refractivity contribution in [2.24, 2.45) is 5.92 Å². The molecular weight excluding hydrogens is 262 g/mol. The van der Waals surface area contributed by atoms with Gasteiger partial charge in [-0.1, -0.05) is 13.3 Å². The van der Waals surface area contributed by atoms with E-state index in [0.29, 0.717) is 5.56 Å². The minimum atomic E-state index is 0.121. The number of likely N-dealkylation sites (tertiary alicyclic amines) is 1. The Kier molecular flexibility index (Phi) is 5.59. The molecule has 0 spiro atoms. The van der Waals surface area contributed by atoms with E-state index in [1.54, 1.807) is 6.20 Å². The molecule has 1 aromatic rings. The maximum atomic E-state index is 12.8. The highest BCUT2D eigenvalue weighted by molar-refractivity contribution is 5.99. The van der Waals surface area contributed by atoms with Crippen LogP contribution >= 0.6 is 0 Å². The van der Waals surface area contributed by atoms with Gasteiger partial charge in [0.15, 0.2) is 0 Å². The summed E-state index contributed by atoms with van der Waals surface area (Å²) in [4.78, 5) is 19.1. The van der Waals surface area contributed by atoms with Crippen molar-refractivity contribution in [3.05, 3.63) is 23.5 Å². The van der Waals surface area contributed by atoms with Crippen LogP contribution < -0.4 is 5.32 Å². The second-order valence-corrected chi connectivity index (χ2v) is 5.90. The van der Waals surface area contributed by atoms with E-state index in [1.165, 1.54) is 12.8 Å². The third-order valence-corrected chi connectivity index (χ3v) is 4.35. The van der Waals surface area contributed by atoms with Crippen LogP contribution in [0.1, 0.15) is 55.6 Å². The molecule has 1 aliphatic heterocycles. The van der Waals surface area contributed by atoms with Gasteiger partial charge in [0.05, 0.1) is 11.3 Å². The molecule has 0 radical (unpaired) electrons. The van der Waals surface area contributed by atoms with Crippen molar-refractivity contribution in [3.8, 4) is 0 Å². The molecule has 0 aromatic carbocycles. The number of carbonyl (C=O) groups is 1. The van der Waals surface area contributed by atoms with Gasteiger partial charge in [-0.3, -0.25) is 9.78 Å². The number of hydrogen-bond acceptors (Lipinski definition) is 3. The lowest BCUT2D eigenvalue weighted by molar-refractivity contribution is 0.0760. The van der Waals surface area contributed by atoms with E-state index >= 15 is 0 Å². The summed E-state index contributed by atoms with van der Waals surface area (Å²) in [6.45, 7) is 8.79. The van der Waals surface area contributed by atoms with Gasteiger partial charge in [0.1, 0.15) is 0 Å². The van der Waals surface area contributed by atoms with Crippen LogP contribution in [0.4, 0.5) is 5.69 Å². The molecule has 1 N–H and O–H groups in total. The predicted molar refractivity (Wildman–Crippen MR) is 86.7 cm³/mol. The predicted octanol–water partition coefficient (Wildman–Crippen LogP) is 3.47. The number of carbonyl (C=O) groups excluding carboxylic acids is 1. The molecule has 1 amide bonds. The molecule has 21 heavy (non-hydrogen) atoms. The minimum Gasteiger partial charge on any atom is -0.385 e. The Labute approximate surface area is 127 Å². The number of aromatic nitrogens is 1. The zero-order valence-corrected chi connectivity index (χ0v) is 13.5. The fourth-order valence-corrected chi connectivity index (χ4v) is 3.01. The van der Waals surface area contributed by atoms with Gasteiger partial charge in [0, 0.05) is 31.5 Å². The minimum absolute atomic E-state index is 0.121. The Hall–Kier alpha value is -1.58. The second kappa shape index (κ2) is 7.43. The number of anilines is 1. The summed E-state index contributed by atoms with van der Waals surface area (Å²) in [5.74, 6) is 0.891. The van der Waals surface area contributed by atoms with E-state index in [0.717, 1.165) is 49.8 Å². The molecule has 2 heterocycles. The first-order valence-electron chi connectivity index (χ1n) is 8.15. The van der Waals surface area contributed by atoms with Crippen molar-refractivity contribution in [1.29, 1.82) is 0 Å². The molecule has 4 nitrogen and oxygen atoms in total. The number of aryl methyl sites for hydroxylation is 1. The van der Waals surface area contributed by atoms with E-state index in [2.05, 4.69) is 17.2 Å². The van der Waals surface area contributed by atoms with Crippen molar-refractivity contribution < 1.29 is 4.79 Å². The summed E-state index contributed by atoms with van der Waals surface area (Å²) < 4.78 is 0. The van der Waals surface area contributed by atoms with E-state index in [9.17, 15) is 4.79 Å². The summed E-state index contributed by atoms with van der Waals surface area (Å²) in [7, 11) is 0. The van der Waals surface area contributed by atoms with Crippen molar-refractivity contribution >= 4 is 11.6 Å². The summed E-state index contributed by atoms with van der Waals surface area (Å²) in [5.41, 5.74) is 2.55. The molecule has 0 bridgehead atoms. The molecule has 4 heteroatoms. The summed E-state index contributed by atoms with van der Waals surface area (Å²) in [6.07, 6.45) is 6.42. The number of hydrogen-bond donors (Lipinski definition) is 1. The van der Waals surface area contributed by atoms with Crippen LogP contribution in [0.5, 0.6) is 0 Å². The SMILES string of the molecule is CCNc1cc(C)ncc1C(=O)N1CCCC(CC)CC1. The normalized spacial score (nSPS) is 19.2. The number of nitrogens with one attached hydrogen (secondary N) is 1. The highest BCUT2D eigenvalue weighted by atomic mass is 16.2. The lowest BCUT2D eigenvalue weighted by Crippen LogP contribution is -2.32. The van der Waals surface area contributed by atoms with Gasteiger partial charge in [0.2, 0.25) is 0 Å². The van der Waals surface area contributed by atoms with Crippen LogP contribution in [0.3, 0.4) is 0 Å². The average molecular weight is 289 g/mol. The van der Waals surface area contributed by atoms with Crippen molar-refractivity contribution in [3.63, 3.8) is 0 Å². The van der Waals surface area contributed by atoms with Crippen LogP contribution in [-0.2, 0) is 0 Å². The summed E-state index contributed by atoms with van der Waals surface area (Å²) in [5, 5.41) is 3.29. The zero-order chi connectivity index (χ0) is 15.2. The van der Waals surface area contributed by atoms with Crippen LogP contribution in [0.15, 0.2) is 12.3 Å². The lowest BCUT2D eigenvalue weighted by atomic mass is 9.98. The molecule has 116 valence electrons. The maximum Gasteiger partial charge on any atom is 0.257 e. The molecule has 2 rings (SSSR count). The molecule has 1 aromatic heterocycles. The van der Waals surface area contributed by atoms with Crippen LogP contribution in [0, 0.1) is 12.8 Å². The number of rotatable bonds is 4. The Bertz CT molecular complexity index is 487. The molecule has 1 unspecified atom stereocenters. The smallest absolute Gasteiger partial charge is 0.257 e. The monoisotopic (exact) mass is 289 g/mol. The van der Waals surface area contributed by atoms with Crippen molar-refractivity contribution in [2.45, 2.75) is 46.5 Å². The number of nitrogens with zero attached hydrogens (tertiary/aromatic N) is 2. The average Bonchev–Trinajstić information content (AvgIpc) is 2.72. The fraction of sp³-hybridized carbons (Fsp3) is 0.647. The standard InChI is InChI=1S/C17H27N3O/c1-4-14-7-6-9-20(10-8-14)17(21)15-12-19-13(3)11-16(15)18-5-2/h11-12,14H,4-10H2,1-3H3,(H,18,19). The number of pyridine rings is 1. The van der Waals surface area contributed by atoms with Crippen LogP contribution in [0.25, 0.3) is 0 Å². The van der Waals surface area contributed by atoms with Crippen LogP contribution in [0.2, 0.25) is 0 Å². The first kappa shape index (κ1) is 15.8. The maximum absolute atomic E-state index is 12.8. The van der Waals surface area contributed by atoms with E-state index < -0.39 is 0 Å². The molecule has 0 saturated carbocycles. The van der Waals surface area contributed by atoms with Gasteiger partial charge in [-0.05, 0) is 45.1 Å². The van der Waals surface area contributed by atoms with E-state index in [4.69, 9.17) is 0 Å². The highest BCUT2D eigenvalue weighted by Gasteiger charge is 2.23. The van der Waals surface area contributed by atoms with Gasteiger partial charge in [0.25, 0.3) is 5.91 Å².